The fourth-order valence-electron chi connectivity index (χ4n) is 1.12. The van der Waals surface area contributed by atoms with Crippen LogP contribution in [0, 0.1) is 6.92 Å². The summed E-state index contributed by atoms with van der Waals surface area (Å²) in [5.41, 5.74) is 1.52. The molecule has 0 aliphatic heterocycles. The molecule has 2 rings (SSSR count). The van der Waals surface area contributed by atoms with Crippen LogP contribution in [0.5, 0.6) is 0 Å². The Balaban J connectivity index is 2.29. The van der Waals surface area contributed by atoms with Crippen molar-refractivity contribution < 1.29 is 5.11 Å². The molecule has 72 valence electrons. The lowest BCUT2D eigenvalue weighted by molar-refractivity contribution is 0.219. The number of rotatable bonds is 2. The second-order valence-electron chi connectivity index (χ2n) is 2.91. The number of nitrogens with zero attached hydrogens (tertiary/aromatic N) is 3. The van der Waals surface area contributed by atoms with Gasteiger partial charge in [0, 0.05) is 6.20 Å². The van der Waals surface area contributed by atoms with Crippen molar-refractivity contribution in [2.45, 2.75) is 13.0 Å². The summed E-state index contributed by atoms with van der Waals surface area (Å²) >= 11 is 1.29. The van der Waals surface area contributed by atoms with Crippen LogP contribution in [0.1, 0.15) is 22.4 Å². The van der Waals surface area contributed by atoms with Gasteiger partial charge in [0.25, 0.3) is 0 Å². The van der Waals surface area contributed by atoms with Crippen LogP contribution >= 0.6 is 11.5 Å². The molecule has 4 nitrogen and oxygen atoms in total. The van der Waals surface area contributed by atoms with Gasteiger partial charge in [0.15, 0.2) is 0 Å². The number of hydrogen-bond donors (Lipinski definition) is 1. The molecule has 0 spiro atoms. The number of aromatic nitrogens is 3. The third-order valence-electron chi connectivity index (χ3n) is 1.80. The van der Waals surface area contributed by atoms with Crippen molar-refractivity contribution in [3.63, 3.8) is 0 Å². The first-order chi connectivity index (χ1) is 6.77. The highest BCUT2D eigenvalue weighted by Gasteiger charge is 2.13. The minimum Gasteiger partial charge on any atom is -0.381 e. The van der Waals surface area contributed by atoms with Crippen LogP contribution < -0.4 is 0 Å². The van der Waals surface area contributed by atoms with E-state index in [0.29, 0.717) is 5.69 Å². The molecule has 0 saturated heterocycles. The van der Waals surface area contributed by atoms with Crippen molar-refractivity contribution in [1.29, 1.82) is 0 Å². The third-order valence-corrected chi connectivity index (χ3v) is 2.73. The molecule has 0 saturated carbocycles. The number of aryl methyl sites for hydroxylation is 1. The lowest BCUT2D eigenvalue weighted by Crippen LogP contribution is -1.99. The smallest absolute Gasteiger partial charge is 0.132 e. The molecule has 0 bridgehead atoms. The highest BCUT2D eigenvalue weighted by molar-refractivity contribution is 7.05. The largest absolute Gasteiger partial charge is 0.381 e. The molecule has 1 unspecified atom stereocenters. The molecule has 0 aliphatic rings. The van der Waals surface area contributed by atoms with Gasteiger partial charge in [-0.05, 0) is 30.6 Å². The molecule has 2 aromatic heterocycles. The molecule has 2 heterocycles. The maximum Gasteiger partial charge on any atom is 0.132 e. The fourth-order valence-corrected chi connectivity index (χ4v) is 1.87. The van der Waals surface area contributed by atoms with Gasteiger partial charge in [-0.1, -0.05) is 0 Å². The highest BCUT2D eigenvalue weighted by Crippen LogP contribution is 2.23. The summed E-state index contributed by atoms with van der Waals surface area (Å²) in [4.78, 5) is 8.58. The zero-order chi connectivity index (χ0) is 9.97. The van der Waals surface area contributed by atoms with Crippen molar-refractivity contribution in [2.24, 2.45) is 0 Å². The Morgan fingerprint density at radius 1 is 1.50 bits per heavy atom. The predicted octanol–water partition coefficient (Wildman–Crippen LogP) is 1.32. The summed E-state index contributed by atoms with van der Waals surface area (Å²) in [7, 11) is 0. The van der Waals surface area contributed by atoms with Gasteiger partial charge >= 0.3 is 0 Å². The van der Waals surface area contributed by atoms with E-state index in [-0.39, 0.29) is 0 Å². The molecule has 0 aromatic carbocycles. The molecule has 0 radical (unpaired) electrons. The van der Waals surface area contributed by atoms with Crippen molar-refractivity contribution in [1.82, 2.24) is 14.3 Å². The van der Waals surface area contributed by atoms with E-state index in [1.807, 2.05) is 13.0 Å². The van der Waals surface area contributed by atoms with Crippen molar-refractivity contribution >= 4 is 11.5 Å². The Kier molecular flexibility index (Phi) is 2.51. The van der Waals surface area contributed by atoms with E-state index >= 15 is 0 Å². The zero-order valence-electron chi connectivity index (χ0n) is 7.58. The number of aliphatic hydroxyl groups is 1. The molecule has 1 N–H and O–H groups in total. The van der Waals surface area contributed by atoms with Crippen molar-refractivity contribution in [3.05, 3.63) is 40.9 Å². The van der Waals surface area contributed by atoms with Crippen LogP contribution in [-0.4, -0.2) is 19.4 Å². The highest BCUT2D eigenvalue weighted by atomic mass is 32.1. The standard InChI is InChI=1S/C9H9N3OS/c1-6-4-8(14-12-6)9(13)7-2-3-10-5-11-7/h2-5,9,13H,1H3. The average molecular weight is 207 g/mol. The first-order valence-electron chi connectivity index (χ1n) is 4.14. The van der Waals surface area contributed by atoms with Crippen LogP contribution in [0.15, 0.2) is 24.7 Å². The van der Waals surface area contributed by atoms with Crippen LogP contribution in [0.3, 0.4) is 0 Å². The molecule has 1 atom stereocenters. The molecule has 14 heavy (non-hydrogen) atoms. The van der Waals surface area contributed by atoms with Gasteiger partial charge in [-0.2, -0.15) is 4.37 Å². The minimum absolute atomic E-state index is 0.601. The Hall–Kier alpha value is -1.33. The zero-order valence-corrected chi connectivity index (χ0v) is 8.40. The van der Waals surface area contributed by atoms with Crippen LogP contribution in [0.4, 0.5) is 0 Å². The Morgan fingerprint density at radius 3 is 2.93 bits per heavy atom. The van der Waals surface area contributed by atoms with Crippen molar-refractivity contribution in [2.75, 3.05) is 0 Å². The van der Waals surface area contributed by atoms with Crippen LogP contribution in [0.2, 0.25) is 0 Å². The molecule has 5 heteroatoms. The SMILES string of the molecule is Cc1cc(C(O)c2ccncn2)sn1. The van der Waals surface area contributed by atoms with E-state index < -0.39 is 6.10 Å². The maximum atomic E-state index is 9.89. The van der Waals surface area contributed by atoms with Gasteiger partial charge in [-0.25, -0.2) is 9.97 Å². The van der Waals surface area contributed by atoms with Crippen molar-refractivity contribution in [3.8, 4) is 0 Å². The summed E-state index contributed by atoms with van der Waals surface area (Å²) in [6.45, 7) is 1.90. The summed E-state index contributed by atoms with van der Waals surface area (Å²) in [6, 6.07) is 3.55. The van der Waals surface area contributed by atoms with E-state index in [9.17, 15) is 5.11 Å². The van der Waals surface area contributed by atoms with E-state index in [1.165, 1.54) is 17.9 Å². The molecule has 0 amide bonds. The Labute approximate surface area is 85.5 Å². The van der Waals surface area contributed by atoms with Gasteiger partial charge in [0.2, 0.25) is 0 Å². The Morgan fingerprint density at radius 2 is 2.36 bits per heavy atom. The van der Waals surface area contributed by atoms with E-state index in [0.717, 1.165) is 10.6 Å². The van der Waals surface area contributed by atoms with Crippen LogP contribution in [-0.2, 0) is 0 Å². The van der Waals surface area contributed by atoms with E-state index in [4.69, 9.17) is 0 Å². The van der Waals surface area contributed by atoms with Gasteiger partial charge in [-0.3, -0.25) is 0 Å². The normalized spacial score (nSPS) is 12.7. The lowest BCUT2D eigenvalue weighted by Gasteiger charge is -2.05. The minimum atomic E-state index is -0.691. The third kappa shape index (κ3) is 1.78. The summed E-state index contributed by atoms with van der Waals surface area (Å²) in [5, 5.41) is 9.89. The van der Waals surface area contributed by atoms with Crippen LogP contribution in [0.25, 0.3) is 0 Å². The molecule has 0 aliphatic carbocycles. The summed E-state index contributed by atoms with van der Waals surface area (Å²) < 4.78 is 4.10. The first kappa shape index (κ1) is 9.23. The fraction of sp³-hybridized carbons (Fsp3) is 0.222. The van der Waals surface area contributed by atoms with Gasteiger partial charge in [0.1, 0.15) is 12.4 Å². The van der Waals surface area contributed by atoms with E-state index in [1.54, 1.807) is 12.3 Å². The second kappa shape index (κ2) is 3.81. The summed E-state index contributed by atoms with van der Waals surface area (Å²) in [5.74, 6) is 0. The molecule has 0 fully saturated rings. The first-order valence-corrected chi connectivity index (χ1v) is 4.92. The predicted molar refractivity (Wildman–Crippen MR) is 52.9 cm³/mol. The number of aliphatic hydroxyl groups excluding tert-OH is 1. The van der Waals surface area contributed by atoms with Gasteiger partial charge in [-0.15, -0.1) is 0 Å². The topological polar surface area (TPSA) is 58.9 Å². The monoisotopic (exact) mass is 207 g/mol. The quantitative estimate of drug-likeness (QED) is 0.807. The van der Waals surface area contributed by atoms with E-state index in [2.05, 4.69) is 14.3 Å². The van der Waals surface area contributed by atoms with Gasteiger partial charge < -0.3 is 5.11 Å². The van der Waals surface area contributed by atoms with Gasteiger partial charge in [0.05, 0.1) is 16.3 Å². The maximum absolute atomic E-state index is 9.89. The average Bonchev–Trinajstić information content (AvgIpc) is 2.65. The molecular formula is C9H9N3OS. The number of hydrogen-bond acceptors (Lipinski definition) is 5. The molecule has 2 aromatic rings. The lowest BCUT2D eigenvalue weighted by atomic mass is 10.2. The Bertz CT molecular complexity index is 415. The summed E-state index contributed by atoms with van der Waals surface area (Å²) in [6.07, 6.45) is 2.34. The second-order valence-corrected chi connectivity index (χ2v) is 3.74. The molecular weight excluding hydrogens is 198 g/mol.